The highest BCUT2D eigenvalue weighted by atomic mass is 79.9. The molecule has 0 aliphatic rings. The summed E-state index contributed by atoms with van der Waals surface area (Å²) in [5.41, 5.74) is 1.00. The maximum absolute atomic E-state index is 9.37. The van der Waals surface area contributed by atoms with Gasteiger partial charge in [0.15, 0.2) is 0 Å². The number of rotatable bonds is 4. The van der Waals surface area contributed by atoms with Crippen LogP contribution in [0, 0.1) is 0 Å². The van der Waals surface area contributed by atoms with Gasteiger partial charge in [0.2, 0.25) is 5.95 Å². The van der Waals surface area contributed by atoms with Gasteiger partial charge in [-0.05, 0) is 21.5 Å². The Balaban J connectivity index is 2.13. The second-order valence-electron chi connectivity index (χ2n) is 3.52. The first kappa shape index (κ1) is 12.0. The van der Waals surface area contributed by atoms with Gasteiger partial charge in [0.25, 0.3) is 0 Å². The van der Waals surface area contributed by atoms with E-state index in [0.717, 1.165) is 10.0 Å². The monoisotopic (exact) mass is 293 g/mol. The van der Waals surface area contributed by atoms with Crippen molar-refractivity contribution in [2.24, 2.45) is 0 Å². The molecule has 2 N–H and O–H groups in total. The standard InChI is InChI=1S/C12H12BrN3O/c13-10-6-14-12(15-7-10)16-11(8-17)9-4-2-1-3-5-9/h1-7,11,17H,8H2,(H,14,15,16)/t11-/m0/s1. The molecule has 4 nitrogen and oxygen atoms in total. The van der Waals surface area contributed by atoms with Crippen molar-refractivity contribution in [3.63, 3.8) is 0 Å². The van der Waals surface area contributed by atoms with Crippen LogP contribution in [-0.4, -0.2) is 21.7 Å². The Bertz CT molecular complexity index is 461. The van der Waals surface area contributed by atoms with Crippen molar-refractivity contribution in [3.05, 3.63) is 52.8 Å². The molecule has 0 amide bonds. The van der Waals surface area contributed by atoms with Gasteiger partial charge in [-0.1, -0.05) is 30.3 Å². The van der Waals surface area contributed by atoms with E-state index in [1.165, 1.54) is 0 Å². The molecule has 1 atom stereocenters. The maximum Gasteiger partial charge on any atom is 0.223 e. The molecule has 88 valence electrons. The summed E-state index contributed by atoms with van der Waals surface area (Å²) < 4.78 is 0.823. The van der Waals surface area contributed by atoms with E-state index in [1.807, 2.05) is 30.3 Å². The van der Waals surface area contributed by atoms with Crippen LogP contribution in [-0.2, 0) is 0 Å². The van der Waals surface area contributed by atoms with Gasteiger partial charge in [-0.2, -0.15) is 0 Å². The quantitative estimate of drug-likeness (QED) is 0.909. The van der Waals surface area contributed by atoms with Crippen LogP contribution >= 0.6 is 15.9 Å². The summed E-state index contributed by atoms with van der Waals surface area (Å²) in [6.45, 7) is -0.0105. The van der Waals surface area contributed by atoms with Crippen LogP contribution in [0.15, 0.2) is 47.2 Å². The highest BCUT2D eigenvalue weighted by Gasteiger charge is 2.10. The van der Waals surface area contributed by atoms with Gasteiger partial charge in [-0.3, -0.25) is 0 Å². The highest BCUT2D eigenvalue weighted by Crippen LogP contribution is 2.16. The molecule has 0 aliphatic carbocycles. The number of aliphatic hydroxyl groups is 1. The second-order valence-corrected chi connectivity index (χ2v) is 4.43. The van der Waals surface area contributed by atoms with Gasteiger partial charge in [0.05, 0.1) is 17.1 Å². The van der Waals surface area contributed by atoms with Crippen molar-refractivity contribution in [1.82, 2.24) is 9.97 Å². The van der Waals surface area contributed by atoms with Crippen LogP contribution in [0.2, 0.25) is 0 Å². The van der Waals surface area contributed by atoms with Crippen molar-refractivity contribution in [2.45, 2.75) is 6.04 Å². The fraction of sp³-hybridized carbons (Fsp3) is 0.167. The van der Waals surface area contributed by atoms with Crippen molar-refractivity contribution >= 4 is 21.9 Å². The minimum absolute atomic E-state index is 0.0105. The summed E-state index contributed by atoms with van der Waals surface area (Å²) in [4.78, 5) is 8.22. The molecule has 0 radical (unpaired) electrons. The number of anilines is 1. The summed E-state index contributed by atoms with van der Waals surface area (Å²) in [6.07, 6.45) is 3.32. The smallest absolute Gasteiger partial charge is 0.223 e. The van der Waals surface area contributed by atoms with Crippen molar-refractivity contribution in [1.29, 1.82) is 0 Å². The van der Waals surface area contributed by atoms with Gasteiger partial charge in [-0.15, -0.1) is 0 Å². The van der Waals surface area contributed by atoms with E-state index in [4.69, 9.17) is 0 Å². The first-order valence-corrected chi connectivity index (χ1v) is 5.99. The summed E-state index contributed by atoms with van der Waals surface area (Å²) >= 11 is 3.27. The van der Waals surface area contributed by atoms with E-state index >= 15 is 0 Å². The molecule has 0 bridgehead atoms. The topological polar surface area (TPSA) is 58.0 Å². The van der Waals surface area contributed by atoms with Crippen LogP contribution in [0.25, 0.3) is 0 Å². The largest absolute Gasteiger partial charge is 0.394 e. The number of aliphatic hydroxyl groups excluding tert-OH is 1. The predicted octanol–water partition coefficient (Wildman–Crippen LogP) is 2.38. The highest BCUT2D eigenvalue weighted by molar-refractivity contribution is 9.10. The van der Waals surface area contributed by atoms with E-state index in [9.17, 15) is 5.11 Å². The van der Waals surface area contributed by atoms with E-state index in [0.29, 0.717) is 5.95 Å². The Morgan fingerprint density at radius 1 is 1.18 bits per heavy atom. The number of nitrogens with one attached hydrogen (secondary N) is 1. The number of benzene rings is 1. The van der Waals surface area contributed by atoms with E-state index < -0.39 is 0 Å². The lowest BCUT2D eigenvalue weighted by Crippen LogP contribution is -2.16. The first-order chi connectivity index (χ1) is 8.29. The van der Waals surface area contributed by atoms with Crippen molar-refractivity contribution in [2.75, 3.05) is 11.9 Å². The summed E-state index contributed by atoms with van der Waals surface area (Å²) in [6, 6.07) is 9.51. The van der Waals surface area contributed by atoms with Crippen LogP contribution in [0.5, 0.6) is 0 Å². The minimum Gasteiger partial charge on any atom is -0.394 e. The molecule has 0 unspecified atom stereocenters. The molecule has 0 saturated carbocycles. The SMILES string of the molecule is OC[C@H](Nc1ncc(Br)cn1)c1ccccc1. The maximum atomic E-state index is 9.37. The number of hydrogen-bond acceptors (Lipinski definition) is 4. The molecule has 1 aromatic carbocycles. The lowest BCUT2D eigenvalue weighted by molar-refractivity contribution is 0.276. The third-order valence-corrected chi connectivity index (χ3v) is 2.72. The molecule has 0 aliphatic heterocycles. The molecule has 0 fully saturated rings. The third kappa shape index (κ3) is 3.25. The Kier molecular flexibility index (Phi) is 4.06. The second kappa shape index (κ2) is 5.75. The van der Waals surface area contributed by atoms with Crippen molar-refractivity contribution in [3.8, 4) is 0 Å². The van der Waals surface area contributed by atoms with Crippen LogP contribution < -0.4 is 5.32 Å². The Morgan fingerprint density at radius 3 is 2.41 bits per heavy atom. The molecule has 17 heavy (non-hydrogen) atoms. The van der Waals surface area contributed by atoms with Crippen LogP contribution in [0.1, 0.15) is 11.6 Å². The number of aromatic nitrogens is 2. The molecule has 1 aromatic heterocycles. The van der Waals surface area contributed by atoms with Gasteiger partial charge < -0.3 is 10.4 Å². The van der Waals surface area contributed by atoms with Gasteiger partial charge in [0, 0.05) is 12.4 Å². The fourth-order valence-corrected chi connectivity index (χ4v) is 1.67. The van der Waals surface area contributed by atoms with Gasteiger partial charge >= 0.3 is 0 Å². The number of nitrogens with zero attached hydrogens (tertiary/aromatic N) is 2. The Hall–Kier alpha value is -1.46. The van der Waals surface area contributed by atoms with Crippen molar-refractivity contribution < 1.29 is 5.11 Å². The van der Waals surface area contributed by atoms with E-state index in [-0.39, 0.29) is 12.6 Å². The summed E-state index contributed by atoms with van der Waals surface area (Å²) in [5, 5.41) is 12.4. The van der Waals surface area contributed by atoms with Gasteiger partial charge in [0.1, 0.15) is 0 Å². The lowest BCUT2D eigenvalue weighted by Gasteiger charge is -2.16. The predicted molar refractivity (Wildman–Crippen MR) is 69.6 cm³/mol. The minimum atomic E-state index is -0.197. The van der Waals surface area contributed by atoms with E-state index in [2.05, 4.69) is 31.2 Å². The van der Waals surface area contributed by atoms with E-state index in [1.54, 1.807) is 12.4 Å². The average Bonchev–Trinajstić information content (AvgIpc) is 2.39. The molecule has 1 heterocycles. The molecule has 0 spiro atoms. The molecule has 2 rings (SSSR count). The molecule has 2 aromatic rings. The molecule has 0 saturated heterocycles. The normalized spacial score (nSPS) is 12.1. The molecular formula is C12H12BrN3O. The zero-order valence-electron chi connectivity index (χ0n) is 9.05. The lowest BCUT2D eigenvalue weighted by atomic mass is 10.1. The zero-order chi connectivity index (χ0) is 12.1. The summed E-state index contributed by atoms with van der Waals surface area (Å²) in [7, 11) is 0. The number of hydrogen-bond donors (Lipinski definition) is 2. The average molecular weight is 294 g/mol. The summed E-state index contributed by atoms with van der Waals surface area (Å²) in [5.74, 6) is 0.496. The van der Waals surface area contributed by atoms with Gasteiger partial charge in [-0.25, -0.2) is 9.97 Å². The Labute approximate surface area is 108 Å². The third-order valence-electron chi connectivity index (χ3n) is 2.31. The molecule has 5 heteroatoms. The Morgan fingerprint density at radius 2 is 1.82 bits per heavy atom. The first-order valence-electron chi connectivity index (χ1n) is 5.19. The fourth-order valence-electron chi connectivity index (χ4n) is 1.46. The van der Waals surface area contributed by atoms with Crippen LogP contribution in [0.4, 0.5) is 5.95 Å². The molecular weight excluding hydrogens is 282 g/mol. The number of halogens is 1. The van der Waals surface area contributed by atoms with Crippen LogP contribution in [0.3, 0.4) is 0 Å². The zero-order valence-corrected chi connectivity index (χ0v) is 10.6.